The van der Waals surface area contributed by atoms with E-state index in [0.29, 0.717) is 17.9 Å². The molecule has 0 fully saturated rings. The molecule has 1 aromatic rings. The summed E-state index contributed by atoms with van der Waals surface area (Å²) >= 11 is 4.23. The average Bonchev–Trinajstić information content (AvgIpc) is 2.56. The number of aromatic hydroxyl groups is 1. The van der Waals surface area contributed by atoms with Crippen LogP contribution in [0, 0.1) is 0 Å². The molecule has 0 aliphatic rings. The minimum absolute atomic E-state index is 0.194. The Kier molecular flexibility index (Phi) is 9.89. The van der Waals surface area contributed by atoms with Crippen LogP contribution in [0.25, 0.3) is 0 Å². The quantitative estimate of drug-likeness (QED) is 0.191. The molecule has 0 atom stereocenters. The molecule has 0 heterocycles. The lowest BCUT2D eigenvalue weighted by Gasteiger charge is -2.27. The highest BCUT2D eigenvalue weighted by molar-refractivity contribution is 7.80. The third kappa shape index (κ3) is 8.46. The molecule has 0 radical (unpaired) electrons. The summed E-state index contributed by atoms with van der Waals surface area (Å²) in [4.78, 5) is 12.3. The van der Waals surface area contributed by atoms with Crippen molar-refractivity contribution in [2.75, 3.05) is 5.75 Å². The maximum absolute atomic E-state index is 12.3. The van der Waals surface area contributed by atoms with Crippen LogP contribution in [0.15, 0.2) is 12.1 Å². The Morgan fingerprint density at radius 3 is 1.71 bits per heavy atom. The Balaban J connectivity index is 2.67. The van der Waals surface area contributed by atoms with Crippen molar-refractivity contribution in [2.45, 2.75) is 104 Å². The summed E-state index contributed by atoms with van der Waals surface area (Å²) in [5, 5.41) is 10.8. The van der Waals surface area contributed by atoms with E-state index in [4.69, 9.17) is 4.74 Å². The second-order valence-electron chi connectivity index (χ2n) is 9.79. The lowest BCUT2D eigenvalue weighted by molar-refractivity contribution is -0.134. The Morgan fingerprint density at radius 2 is 1.29 bits per heavy atom. The van der Waals surface area contributed by atoms with E-state index < -0.39 is 0 Å². The molecule has 0 bridgehead atoms. The highest BCUT2D eigenvalue weighted by atomic mass is 32.1. The Morgan fingerprint density at radius 1 is 0.857 bits per heavy atom. The summed E-state index contributed by atoms with van der Waals surface area (Å²) in [5.41, 5.74) is 1.15. The molecule has 1 N–H and O–H groups in total. The van der Waals surface area contributed by atoms with Gasteiger partial charge in [-0.25, -0.2) is 0 Å². The monoisotopic (exact) mass is 408 g/mol. The maximum atomic E-state index is 12.3. The molecule has 3 nitrogen and oxygen atoms in total. The van der Waals surface area contributed by atoms with Gasteiger partial charge in [0.15, 0.2) is 0 Å². The summed E-state index contributed by atoms with van der Waals surface area (Å²) in [6.45, 7) is 12.3. The Labute approximate surface area is 177 Å². The van der Waals surface area contributed by atoms with E-state index >= 15 is 0 Å². The van der Waals surface area contributed by atoms with Gasteiger partial charge in [0.05, 0.1) is 0 Å². The molecule has 4 heteroatoms. The number of unbranched alkanes of at least 4 members (excludes halogenated alkanes) is 6. The van der Waals surface area contributed by atoms with Crippen LogP contribution in [-0.4, -0.2) is 16.8 Å². The summed E-state index contributed by atoms with van der Waals surface area (Å²) < 4.78 is 5.64. The lowest BCUT2D eigenvalue weighted by Crippen LogP contribution is -2.18. The number of rotatable bonds is 10. The normalized spacial score (nSPS) is 12.2. The molecule has 160 valence electrons. The second kappa shape index (κ2) is 11.1. The number of carbonyl (C=O) groups excluding carboxylic acids is 1. The van der Waals surface area contributed by atoms with E-state index in [-0.39, 0.29) is 16.8 Å². The molecule has 0 aliphatic carbocycles. The minimum Gasteiger partial charge on any atom is -0.507 e. The number of hydrogen-bond acceptors (Lipinski definition) is 4. The van der Waals surface area contributed by atoms with Crippen LogP contribution in [0.5, 0.6) is 11.5 Å². The zero-order chi connectivity index (χ0) is 21.4. The number of thiol groups is 1. The zero-order valence-corrected chi connectivity index (χ0v) is 19.6. The van der Waals surface area contributed by atoms with Crippen molar-refractivity contribution < 1.29 is 14.6 Å². The van der Waals surface area contributed by atoms with Crippen molar-refractivity contribution in [1.82, 2.24) is 0 Å². The van der Waals surface area contributed by atoms with Crippen molar-refractivity contribution in [3.05, 3.63) is 23.3 Å². The van der Waals surface area contributed by atoms with Crippen LogP contribution < -0.4 is 4.74 Å². The molecular formula is C24H40O3S. The van der Waals surface area contributed by atoms with Gasteiger partial charge in [0.1, 0.15) is 11.5 Å². The second-order valence-corrected chi connectivity index (χ2v) is 10.2. The van der Waals surface area contributed by atoms with Gasteiger partial charge in [0, 0.05) is 17.5 Å². The molecule has 1 aromatic carbocycles. The van der Waals surface area contributed by atoms with Gasteiger partial charge >= 0.3 is 5.97 Å². The van der Waals surface area contributed by atoms with Crippen LogP contribution in [0.1, 0.15) is 104 Å². The van der Waals surface area contributed by atoms with E-state index in [1.807, 2.05) is 12.1 Å². The van der Waals surface area contributed by atoms with Crippen molar-refractivity contribution in [3.63, 3.8) is 0 Å². The average molecular weight is 409 g/mol. The number of ether oxygens (including phenoxy) is 1. The number of carbonyl (C=O) groups is 1. The van der Waals surface area contributed by atoms with Gasteiger partial charge in [-0.15, -0.1) is 0 Å². The number of hydrogen-bond donors (Lipinski definition) is 2. The summed E-state index contributed by atoms with van der Waals surface area (Å²) in [6, 6.07) is 3.62. The van der Waals surface area contributed by atoms with Crippen molar-refractivity contribution in [3.8, 4) is 11.5 Å². The van der Waals surface area contributed by atoms with E-state index in [0.717, 1.165) is 29.7 Å². The first-order valence-corrected chi connectivity index (χ1v) is 11.3. The molecule has 0 spiro atoms. The van der Waals surface area contributed by atoms with Gasteiger partial charge in [-0.2, -0.15) is 12.6 Å². The fraction of sp³-hybridized carbons (Fsp3) is 0.708. The predicted octanol–water partition coefficient (Wildman–Crippen LogP) is 6.94. The predicted molar refractivity (Wildman–Crippen MR) is 122 cm³/mol. The molecule has 0 unspecified atom stereocenters. The fourth-order valence-electron chi connectivity index (χ4n) is 3.26. The van der Waals surface area contributed by atoms with Gasteiger partial charge in [0.2, 0.25) is 0 Å². The number of esters is 1. The number of phenolic OH excluding ortho intramolecular Hbond substituents is 1. The Bertz CT molecular complexity index is 589. The number of benzene rings is 1. The summed E-state index contributed by atoms with van der Waals surface area (Å²) in [6.07, 6.45) is 8.45. The molecular weight excluding hydrogens is 368 g/mol. The Hall–Kier alpha value is -1.16. The van der Waals surface area contributed by atoms with Gasteiger partial charge in [-0.3, -0.25) is 4.79 Å². The fourth-order valence-corrected chi connectivity index (χ4v) is 3.48. The van der Waals surface area contributed by atoms with Gasteiger partial charge < -0.3 is 9.84 Å². The molecule has 0 saturated heterocycles. The molecule has 0 saturated carbocycles. The van der Waals surface area contributed by atoms with Crippen LogP contribution in [0.2, 0.25) is 0 Å². The molecule has 0 amide bonds. The molecule has 0 aromatic heterocycles. The van der Waals surface area contributed by atoms with Crippen LogP contribution in [0.3, 0.4) is 0 Å². The first-order chi connectivity index (χ1) is 13.0. The molecule has 0 aliphatic heterocycles. The van der Waals surface area contributed by atoms with Gasteiger partial charge in [-0.05, 0) is 41.6 Å². The van der Waals surface area contributed by atoms with E-state index in [2.05, 4.69) is 54.2 Å². The van der Waals surface area contributed by atoms with Crippen LogP contribution >= 0.6 is 12.6 Å². The third-order valence-electron chi connectivity index (χ3n) is 4.97. The highest BCUT2D eigenvalue weighted by Crippen LogP contribution is 2.41. The third-order valence-corrected chi connectivity index (χ3v) is 5.29. The van der Waals surface area contributed by atoms with Crippen molar-refractivity contribution in [2.24, 2.45) is 0 Å². The van der Waals surface area contributed by atoms with Crippen LogP contribution in [0.4, 0.5) is 0 Å². The first kappa shape index (κ1) is 24.9. The summed E-state index contributed by atoms with van der Waals surface area (Å²) in [7, 11) is 0. The SMILES string of the molecule is CC(C)(C)c1cc(OC(=O)CCCCCCCCCS)cc(C(C)(C)C)c1O. The largest absolute Gasteiger partial charge is 0.507 e. The molecule has 28 heavy (non-hydrogen) atoms. The summed E-state index contributed by atoms with van der Waals surface area (Å²) in [5.74, 6) is 1.61. The topological polar surface area (TPSA) is 46.5 Å². The van der Waals surface area contributed by atoms with E-state index in [1.54, 1.807) is 0 Å². The minimum atomic E-state index is -0.237. The zero-order valence-electron chi connectivity index (χ0n) is 18.7. The van der Waals surface area contributed by atoms with Crippen molar-refractivity contribution >= 4 is 18.6 Å². The van der Waals surface area contributed by atoms with E-state index in [9.17, 15) is 9.90 Å². The standard InChI is InChI=1S/C24H40O3S/c1-23(2,3)19-16-18(17-20(22(19)26)24(4,5)6)27-21(25)14-12-10-8-7-9-11-13-15-28/h16-17,26,28H,7-15H2,1-6H3. The maximum Gasteiger partial charge on any atom is 0.311 e. The smallest absolute Gasteiger partial charge is 0.311 e. The van der Waals surface area contributed by atoms with Gasteiger partial charge in [-0.1, -0.05) is 73.6 Å². The lowest BCUT2D eigenvalue weighted by atomic mass is 9.79. The van der Waals surface area contributed by atoms with E-state index in [1.165, 1.54) is 32.1 Å². The number of phenols is 1. The highest BCUT2D eigenvalue weighted by Gasteiger charge is 2.27. The van der Waals surface area contributed by atoms with Crippen molar-refractivity contribution in [1.29, 1.82) is 0 Å². The van der Waals surface area contributed by atoms with Gasteiger partial charge in [0.25, 0.3) is 0 Å². The molecule has 1 rings (SSSR count). The van der Waals surface area contributed by atoms with Crippen LogP contribution in [-0.2, 0) is 15.6 Å². The first-order valence-electron chi connectivity index (χ1n) is 10.7.